The van der Waals surface area contributed by atoms with Crippen LogP contribution in [0.15, 0.2) is 35.7 Å². The summed E-state index contributed by atoms with van der Waals surface area (Å²) in [6.45, 7) is -1.27. The van der Waals surface area contributed by atoms with Crippen molar-refractivity contribution in [3.63, 3.8) is 0 Å². The topological polar surface area (TPSA) is 69.0 Å². The molecule has 1 aromatic heterocycles. The molecule has 1 N–H and O–H groups in total. The molecule has 0 radical (unpaired) electrons. The number of aromatic nitrogens is 3. The van der Waals surface area contributed by atoms with Gasteiger partial charge in [-0.15, -0.1) is 10.2 Å². The summed E-state index contributed by atoms with van der Waals surface area (Å²) in [7, 11) is 1.76. The van der Waals surface area contributed by atoms with Crippen molar-refractivity contribution in [2.24, 2.45) is 7.05 Å². The molecule has 0 aliphatic rings. The van der Waals surface area contributed by atoms with Gasteiger partial charge in [-0.05, 0) is 19.1 Å². The first-order chi connectivity index (χ1) is 10.5. The van der Waals surface area contributed by atoms with Gasteiger partial charge in [-0.2, -0.15) is 8.78 Å². The summed E-state index contributed by atoms with van der Waals surface area (Å²) in [5.74, 6) is -0.431. The van der Waals surface area contributed by atoms with E-state index in [2.05, 4.69) is 20.3 Å². The molecule has 6 nitrogen and oxygen atoms in total. The minimum Gasteiger partial charge on any atom is -0.433 e. The van der Waals surface area contributed by atoms with E-state index in [0.29, 0.717) is 5.16 Å². The number of carbonyl (C=O) groups is 1. The van der Waals surface area contributed by atoms with Gasteiger partial charge in [-0.1, -0.05) is 23.9 Å². The molecule has 2 rings (SSSR count). The molecule has 0 aliphatic heterocycles. The number of amides is 1. The molecule has 0 spiro atoms. The Hall–Kier alpha value is -2.16. The molecular weight excluding hydrogens is 314 g/mol. The van der Waals surface area contributed by atoms with Crippen LogP contribution < -0.4 is 10.1 Å². The average molecular weight is 328 g/mol. The Bertz CT molecular complexity index is 650. The number of alkyl halides is 2. The number of aryl methyl sites for hydroxylation is 1. The van der Waals surface area contributed by atoms with E-state index in [-0.39, 0.29) is 17.3 Å². The predicted molar refractivity (Wildman–Crippen MR) is 78.0 cm³/mol. The summed E-state index contributed by atoms with van der Waals surface area (Å²) < 4.78 is 30.7. The van der Waals surface area contributed by atoms with Crippen molar-refractivity contribution in [3.05, 3.63) is 30.6 Å². The second-order valence-electron chi connectivity index (χ2n) is 4.35. The number of thioether (sulfide) groups is 1. The van der Waals surface area contributed by atoms with Gasteiger partial charge in [0.25, 0.3) is 0 Å². The molecule has 22 heavy (non-hydrogen) atoms. The summed E-state index contributed by atoms with van der Waals surface area (Å²) in [6, 6.07) is 6.02. The summed E-state index contributed by atoms with van der Waals surface area (Å²) in [5.41, 5.74) is 0.193. The third kappa shape index (κ3) is 4.17. The molecule has 0 saturated heterocycles. The second-order valence-corrected chi connectivity index (χ2v) is 5.66. The lowest BCUT2D eigenvalue weighted by atomic mass is 10.3. The van der Waals surface area contributed by atoms with Gasteiger partial charge >= 0.3 is 6.61 Å². The van der Waals surface area contributed by atoms with E-state index in [0.717, 1.165) is 0 Å². The van der Waals surface area contributed by atoms with Crippen molar-refractivity contribution >= 4 is 23.4 Å². The van der Waals surface area contributed by atoms with Crippen molar-refractivity contribution < 1.29 is 18.3 Å². The smallest absolute Gasteiger partial charge is 0.387 e. The molecule has 1 atom stereocenters. The minimum atomic E-state index is -2.96. The largest absolute Gasteiger partial charge is 0.433 e. The molecule has 118 valence electrons. The van der Waals surface area contributed by atoms with Crippen LogP contribution in [0.1, 0.15) is 6.92 Å². The first kappa shape index (κ1) is 16.2. The maximum absolute atomic E-state index is 12.3. The lowest BCUT2D eigenvalue weighted by molar-refractivity contribution is -0.115. The Kier molecular flexibility index (Phi) is 5.31. The van der Waals surface area contributed by atoms with Crippen LogP contribution in [0, 0.1) is 0 Å². The van der Waals surface area contributed by atoms with Crippen LogP contribution in [0.5, 0.6) is 5.75 Å². The van der Waals surface area contributed by atoms with Crippen molar-refractivity contribution in [3.8, 4) is 5.75 Å². The number of rotatable bonds is 6. The fourth-order valence-corrected chi connectivity index (χ4v) is 2.38. The number of benzene rings is 1. The molecule has 0 unspecified atom stereocenters. The van der Waals surface area contributed by atoms with Gasteiger partial charge in [-0.25, -0.2) is 0 Å². The Morgan fingerprint density at radius 1 is 1.41 bits per heavy atom. The average Bonchev–Trinajstić information content (AvgIpc) is 2.85. The highest BCUT2D eigenvalue weighted by atomic mass is 32.2. The van der Waals surface area contributed by atoms with Crippen LogP contribution in [-0.4, -0.2) is 32.5 Å². The molecule has 2 aromatic rings. The molecule has 1 aromatic carbocycles. The number of halogens is 2. The van der Waals surface area contributed by atoms with Crippen molar-refractivity contribution in [1.29, 1.82) is 0 Å². The zero-order chi connectivity index (χ0) is 16.1. The minimum absolute atomic E-state index is 0.0818. The molecule has 1 amide bonds. The first-order valence-electron chi connectivity index (χ1n) is 6.32. The summed E-state index contributed by atoms with van der Waals surface area (Å²) >= 11 is 1.21. The van der Waals surface area contributed by atoms with Crippen LogP contribution in [-0.2, 0) is 11.8 Å². The lowest BCUT2D eigenvalue weighted by Gasteiger charge is -2.14. The normalized spacial score (nSPS) is 12.2. The number of nitrogens with zero attached hydrogens (tertiary/aromatic N) is 3. The van der Waals surface area contributed by atoms with Gasteiger partial charge in [0, 0.05) is 7.05 Å². The van der Waals surface area contributed by atoms with Gasteiger partial charge in [0.2, 0.25) is 5.91 Å². The zero-order valence-electron chi connectivity index (χ0n) is 11.9. The number of hydrogen-bond acceptors (Lipinski definition) is 5. The summed E-state index contributed by atoms with van der Waals surface area (Å²) in [4.78, 5) is 12.2. The number of para-hydroxylation sites is 2. The highest BCUT2D eigenvalue weighted by Gasteiger charge is 2.19. The van der Waals surface area contributed by atoms with Gasteiger partial charge in [0.1, 0.15) is 12.1 Å². The van der Waals surface area contributed by atoms with E-state index in [4.69, 9.17) is 0 Å². The molecule has 0 bridgehead atoms. The van der Waals surface area contributed by atoms with E-state index in [9.17, 15) is 13.6 Å². The molecule has 1 heterocycles. The third-order valence-corrected chi connectivity index (χ3v) is 3.83. The van der Waals surface area contributed by atoms with E-state index in [1.54, 1.807) is 30.7 Å². The maximum atomic E-state index is 12.3. The first-order valence-corrected chi connectivity index (χ1v) is 7.20. The molecule has 0 aliphatic carbocycles. The third-order valence-electron chi connectivity index (χ3n) is 2.68. The Labute approximate surface area is 129 Å². The molecule has 9 heteroatoms. The number of anilines is 1. The van der Waals surface area contributed by atoms with Crippen LogP contribution in [0.4, 0.5) is 14.5 Å². The second kappa shape index (κ2) is 7.21. The fraction of sp³-hybridized carbons (Fsp3) is 0.308. The Morgan fingerprint density at radius 3 is 2.77 bits per heavy atom. The van der Waals surface area contributed by atoms with Crippen LogP contribution in [0.25, 0.3) is 0 Å². The van der Waals surface area contributed by atoms with Gasteiger partial charge < -0.3 is 14.6 Å². The number of ether oxygens (including phenoxy) is 1. The molecule has 0 fully saturated rings. The number of nitrogens with one attached hydrogen (secondary N) is 1. The van der Waals surface area contributed by atoms with E-state index in [1.165, 1.54) is 30.2 Å². The summed E-state index contributed by atoms with van der Waals surface area (Å²) in [6.07, 6.45) is 1.53. The van der Waals surface area contributed by atoms with Crippen LogP contribution >= 0.6 is 11.8 Å². The highest BCUT2D eigenvalue weighted by molar-refractivity contribution is 8.00. The van der Waals surface area contributed by atoms with Crippen molar-refractivity contribution in [2.75, 3.05) is 5.32 Å². The van der Waals surface area contributed by atoms with Gasteiger partial charge in [0.05, 0.1) is 10.9 Å². The van der Waals surface area contributed by atoms with Gasteiger partial charge in [-0.3, -0.25) is 4.79 Å². The highest BCUT2D eigenvalue weighted by Crippen LogP contribution is 2.27. The van der Waals surface area contributed by atoms with E-state index >= 15 is 0 Å². The quantitative estimate of drug-likeness (QED) is 0.825. The van der Waals surface area contributed by atoms with E-state index < -0.39 is 11.9 Å². The Morgan fingerprint density at radius 2 is 2.14 bits per heavy atom. The van der Waals surface area contributed by atoms with Crippen molar-refractivity contribution in [1.82, 2.24) is 14.8 Å². The number of carbonyl (C=O) groups excluding carboxylic acids is 1. The molecule has 0 saturated carbocycles. The summed E-state index contributed by atoms with van der Waals surface area (Å²) in [5, 5.41) is 10.3. The Balaban J connectivity index is 2.04. The standard InChI is InChI=1S/C13H14F2N4O2S/c1-8(22-13-18-16-7-19(13)2)11(20)17-9-5-3-4-6-10(9)21-12(14)15/h3-8,12H,1-2H3,(H,17,20)/t8-/m1/s1. The monoisotopic (exact) mass is 328 g/mol. The van der Waals surface area contributed by atoms with Crippen molar-refractivity contribution in [2.45, 2.75) is 23.9 Å². The molecular formula is C13H14F2N4O2S. The fourth-order valence-electron chi connectivity index (χ4n) is 1.59. The number of hydrogen-bond donors (Lipinski definition) is 1. The SMILES string of the molecule is C[C@@H](Sc1nncn1C)C(=O)Nc1ccccc1OC(F)F. The lowest BCUT2D eigenvalue weighted by Crippen LogP contribution is -2.23. The van der Waals surface area contributed by atoms with E-state index in [1.807, 2.05) is 0 Å². The zero-order valence-corrected chi connectivity index (χ0v) is 12.7. The maximum Gasteiger partial charge on any atom is 0.387 e. The van der Waals surface area contributed by atoms with Crippen LogP contribution in [0.3, 0.4) is 0 Å². The van der Waals surface area contributed by atoms with Gasteiger partial charge in [0.15, 0.2) is 5.16 Å². The predicted octanol–water partition coefficient (Wildman–Crippen LogP) is 2.54. The van der Waals surface area contributed by atoms with Crippen LogP contribution in [0.2, 0.25) is 0 Å².